The quantitative estimate of drug-likeness (QED) is 0.559. The van der Waals surface area contributed by atoms with Crippen LogP contribution >= 0.6 is 0 Å². The lowest BCUT2D eigenvalue weighted by Crippen LogP contribution is -2.49. The molecule has 0 amide bonds. The topological polar surface area (TPSA) is 64.4 Å². The Balaban J connectivity index is 1.34. The lowest BCUT2D eigenvalue weighted by atomic mass is 9.52. The highest BCUT2D eigenvalue weighted by molar-refractivity contribution is 7.82. The van der Waals surface area contributed by atoms with Gasteiger partial charge in [0.1, 0.15) is 0 Å². The number of nitrogens with two attached hydrogens (primary N) is 1. The third-order valence-corrected chi connectivity index (χ3v) is 11.5. The lowest BCUT2D eigenvalue weighted by molar-refractivity contribution is -0.0483. The van der Waals surface area contributed by atoms with E-state index < -0.39 is 11.0 Å². The van der Waals surface area contributed by atoms with Gasteiger partial charge in [-0.1, -0.05) is 19.4 Å². The molecule has 4 fully saturated rings. The predicted molar refractivity (Wildman–Crippen MR) is 132 cm³/mol. The molecule has 5 aliphatic rings. The van der Waals surface area contributed by atoms with Gasteiger partial charge in [-0.05, 0) is 125 Å². The van der Waals surface area contributed by atoms with Gasteiger partial charge in [-0.2, -0.15) is 0 Å². The van der Waals surface area contributed by atoms with E-state index in [9.17, 15) is 4.21 Å². The third kappa shape index (κ3) is 3.87. The summed E-state index contributed by atoms with van der Waals surface area (Å²) in [4.78, 5) is 0. The number of fused-ring (bicyclic) bond motifs is 5. The highest BCUT2D eigenvalue weighted by Gasteiger charge is 2.58. The number of hydrogen-bond donors (Lipinski definition) is 2. The maximum atomic E-state index is 11.7. The minimum Gasteiger partial charge on any atom is -0.367 e. The van der Waals surface area contributed by atoms with E-state index in [2.05, 4.69) is 25.5 Å². The molecule has 0 bridgehead atoms. The van der Waals surface area contributed by atoms with Gasteiger partial charge in [-0.15, -0.1) is 0 Å². The minimum absolute atomic E-state index is 0.0331. The van der Waals surface area contributed by atoms with Crippen LogP contribution in [-0.2, 0) is 15.7 Å². The molecule has 1 heterocycles. The van der Waals surface area contributed by atoms with Crippen LogP contribution in [0.15, 0.2) is 11.1 Å². The highest BCUT2D eigenvalue weighted by Crippen LogP contribution is 2.65. The van der Waals surface area contributed by atoms with Crippen LogP contribution in [0.1, 0.15) is 91.4 Å². The van der Waals surface area contributed by atoms with Gasteiger partial charge in [-0.25, -0.2) is 8.93 Å². The second-order valence-electron chi connectivity index (χ2n) is 12.4. The van der Waals surface area contributed by atoms with Crippen LogP contribution in [0.2, 0.25) is 0 Å². The molecule has 1 aliphatic heterocycles. The van der Waals surface area contributed by atoms with Crippen molar-refractivity contribution in [2.24, 2.45) is 40.7 Å². The first-order valence-electron chi connectivity index (χ1n) is 13.4. The van der Waals surface area contributed by atoms with Gasteiger partial charge in [0.05, 0.1) is 22.7 Å². The van der Waals surface area contributed by atoms with Crippen molar-refractivity contribution in [1.29, 1.82) is 0 Å². The zero-order valence-corrected chi connectivity index (χ0v) is 21.6. The van der Waals surface area contributed by atoms with Crippen molar-refractivity contribution in [2.75, 3.05) is 12.8 Å². The molecule has 32 heavy (non-hydrogen) atoms. The molecule has 0 aromatic carbocycles. The first-order chi connectivity index (χ1) is 15.3. The fraction of sp³-hybridized carbons (Fsp3) is 0.926. The Bertz CT molecular complexity index is 784. The Hall–Kier alpha value is -0.230. The van der Waals surface area contributed by atoms with Gasteiger partial charge in [0.25, 0.3) is 0 Å². The molecule has 5 heteroatoms. The molecular formula is C27H46N2O2S. The Labute approximate surface area is 198 Å². The second kappa shape index (κ2) is 8.77. The fourth-order valence-electron chi connectivity index (χ4n) is 8.98. The van der Waals surface area contributed by atoms with Gasteiger partial charge < -0.3 is 10.5 Å². The summed E-state index contributed by atoms with van der Waals surface area (Å²) < 4.78 is 21.9. The van der Waals surface area contributed by atoms with Crippen LogP contribution in [-0.4, -0.2) is 34.8 Å². The molecule has 182 valence electrons. The molecule has 3 N–H and O–H groups in total. The van der Waals surface area contributed by atoms with Crippen molar-refractivity contribution in [3.8, 4) is 0 Å². The number of ether oxygens (including phenoxy) is 1. The van der Waals surface area contributed by atoms with Crippen LogP contribution < -0.4 is 10.5 Å². The summed E-state index contributed by atoms with van der Waals surface area (Å²) in [6, 6.07) is 0.447. The number of hydrogen-bond acceptors (Lipinski definition) is 3. The Morgan fingerprint density at radius 1 is 1.19 bits per heavy atom. The largest absolute Gasteiger partial charge is 0.367 e. The molecular weight excluding hydrogens is 416 g/mol. The van der Waals surface area contributed by atoms with E-state index in [0.717, 1.165) is 36.6 Å². The summed E-state index contributed by atoms with van der Waals surface area (Å²) in [6.07, 6.45) is 16.1. The van der Waals surface area contributed by atoms with Crippen LogP contribution in [0, 0.1) is 35.0 Å². The molecule has 5 rings (SSSR count). The molecule has 4 aliphatic carbocycles. The van der Waals surface area contributed by atoms with E-state index in [4.69, 9.17) is 10.5 Å². The Kier molecular flexibility index (Phi) is 6.44. The molecule has 0 aromatic heterocycles. The molecule has 8 unspecified atom stereocenters. The molecule has 4 nitrogen and oxygen atoms in total. The molecule has 3 saturated carbocycles. The summed E-state index contributed by atoms with van der Waals surface area (Å²) in [7, 11) is -0.896. The monoisotopic (exact) mass is 462 g/mol. The maximum Gasteiger partial charge on any atom is 0.0896 e. The van der Waals surface area contributed by atoms with Gasteiger partial charge in [-0.3, -0.25) is 0 Å². The summed E-state index contributed by atoms with van der Waals surface area (Å²) in [5.41, 5.74) is 9.82. The van der Waals surface area contributed by atoms with Crippen LogP contribution in [0.3, 0.4) is 0 Å². The average Bonchev–Trinajstić information content (AvgIpc) is 3.34. The van der Waals surface area contributed by atoms with Gasteiger partial charge in [0, 0.05) is 12.3 Å². The normalized spacial score (nSPS) is 47.8. The van der Waals surface area contributed by atoms with Crippen molar-refractivity contribution in [2.45, 2.75) is 109 Å². The Morgan fingerprint density at radius 2 is 1.97 bits per heavy atom. The molecule has 0 aromatic rings. The standard InChI is InChI=1S/C27H46N2O2S/c1-17(16-28)13-21-8-11-27(31-21)12-9-22-23-6-5-19-14-20(29-32(4)30)7-10-26(19,3)25(23)15-24(22)18(27)2/h17,19-23,25,29H,5-16,28H2,1-4H3/t17?,19?,20-,21?,22?,23?,25?,26?,27+,32?/m1/s1. The summed E-state index contributed by atoms with van der Waals surface area (Å²) >= 11 is 0. The van der Waals surface area contributed by atoms with E-state index in [1.807, 2.05) is 0 Å². The maximum absolute atomic E-state index is 11.7. The third-order valence-electron chi connectivity index (χ3n) is 10.8. The van der Waals surface area contributed by atoms with Crippen LogP contribution in [0.5, 0.6) is 0 Å². The zero-order chi connectivity index (χ0) is 22.7. The van der Waals surface area contributed by atoms with E-state index in [-0.39, 0.29) is 5.60 Å². The number of nitrogens with one attached hydrogen (secondary N) is 1. The number of rotatable bonds is 5. The fourth-order valence-corrected chi connectivity index (χ4v) is 9.67. The summed E-state index contributed by atoms with van der Waals surface area (Å²) in [5.74, 6) is 3.89. The number of allylic oxidation sites excluding steroid dienone is 1. The first kappa shape index (κ1) is 23.5. The van der Waals surface area contributed by atoms with Gasteiger partial charge >= 0.3 is 0 Å². The van der Waals surface area contributed by atoms with Gasteiger partial charge in [0.15, 0.2) is 0 Å². The van der Waals surface area contributed by atoms with Crippen molar-refractivity contribution in [3.63, 3.8) is 0 Å². The van der Waals surface area contributed by atoms with E-state index >= 15 is 0 Å². The average molecular weight is 463 g/mol. The first-order valence-corrected chi connectivity index (χ1v) is 15.0. The molecule has 10 atom stereocenters. The van der Waals surface area contributed by atoms with Gasteiger partial charge in [0.2, 0.25) is 0 Å². The smallest absolute Gasteiger partial charge is 0.0896 e. The summed E-state index contributed by atoms with van der Waals surface area (Å²) in [5, 5.41) is 0. The zero-order valence-electron chi connectivity index (χ0n) is 20.8. The summed E-state index contributed by atoms with van der Waals surface area (Å²) in [6.45, 7) is 8.08. The SMILES string of the molecule is CC1=C2CC3C(CCC4C[C@H](NS(C)=O)CCC43C)C2CC[C@@]12CCC(CC(C)CN)O2. The van der Waals surface area contributed by atoms with Crippen molar-refractivity contribution >= 4 is 11.0 Å². The molecule has 1 saturated heterocycles. The predicted octanol–water partition coefficient (Wildman–Crippen LogP) is 5.10. The highest BCUT2D eigenvalue weighted by atomic mass is 32.2. The molecule has 1 spiro atoms. The second-order valence-corrected chi connectivity index (χ2v) is 13.6. The van der Waals surface area contributed by atoms with Crippen molar-refractivity contribution in [1.82, 2.24) is 4.72 Å². The van der Waals surface area contributed by atoms with Crippen LogP contribution in [0.4, 0.5) is 0 Å². The van der Waals surface area contributed by atoms with E-state index in [0.29, 0.717) is 23.5 Å². The molecule has 0 radical (unpaired) electrons. The van der Waals surface area contributed by atoms with Crippen molar-refractivity contribution < 1.29 is 8.95 Å². The minimum atomic E-state index is -0.896. The van der Waals surface area contributed by atoms with Crippen molar-refractivity contribution in [3.05, 3.63) is 11.1 Å². The van der Waals surface area contributed by atoms with E-state index in [1.165, 1.54) is 64.2 Å². The Morgan fingerprint density at radius 3 is 2.72 bits per heavy atom. The lowest BCUT2D eigenvalue weighted by Gasteiger charge is -2.54. The van der Waals surface area contributed by atoms with E-state index in [1.54, 1.807) is 17.4 Å². The van der Waals surface area contributed by atoms with Crippen LogP contribution in [0.25, 0.3) is 0 Å².